The van der Waals surface area contributed by atoms with E-state index in [0.717, 1.165) is 24.1 Å². The van der Waals surface area contributed by atoms with Crippen molar-refractivity contribution < 1.29 is 9.59 Å². The molecule has 2 heterocycles. The van der Waals surface area contributed by atoms with Crippen LogP contribution in [0.1, 0.15) is 31.2 Å². The zero-order valence-corrected chi connectivity index (χ0v) is 12.9. The number of aromatic nitrogens is 2. The fourth-order valence-corrected chi connectivity index (χ4v) is 2.77. The smallest absolute Gasteiger partial charge is 0.242 e. The molecule has 6 nitrogen and oxygen atoms in total. The summed E-state index contributed by atoms with van der Waals surface area (Å²) in [7, 11) is 0. The van der Waals surface area contributed by atoms with E-state index in [2.05, 4.69) is 15.7 Å². The highest BCUT2D eigenvalue weighted by molar-refractivity contribution is 5.87. The average molecular weight is 312 g/mol. The second-order valence-electron chi connectivity index (χ2n) is 5.66. The molecule has 0 aliphatic carbocycles. The minimum atomic E-state index is -0.429. The Labute approximate surface area is 134 Å². The van der Waals surface area contributed by atoms with E-state index < -0.39 is 6.04 Å². The second-order valence-corrected chi connectivity index (χ2v) is 5.66. The average Bonchev–Trinajstić information content (AvgIpc) is 3.01. The van der Waals surface area contributed by atoms with Crippen LogP contribution in [-0.2, 0) is 16.1 Å². The van der Waals surface area contributed by atoms with Crippen molar-refractivity contribution in [2.24, 2.45) is 0 Å². The molecule has 120 valence electrons. The molecule has 1 aliphatic rings. The van der Waals surface area contributed by atoms with Gasteiger partial charge in [-0.15, -0.1) is 0 Å². The van der Waals surface area contributed by atoms with Gasteiger partial charge in [0.05, 0.1) is 5.69 Å². The Bertz CT molecular complexity index is 682. The minimum absolute atomic E-state index is 0.0420. The maximum absolute atomic E-state index is 12.3. The van der Waals surface area contributed by atoms with Crippen LogP contribution in [0.4, 0.5) is 0 Å². The van der Waals surface area contributed by atoms with Crippen LogP contribution in [-0.4, -0.2) is 27.6 Å². The normalized spacial score (nSPS) is 18.1. The van der Waals surface area contributed by atoms with Crippen LogP contribution in [0.5, 0.6) is 0 Å². The zero-order chi connectivity index (χ0) is 16.1. The molecule has 0 bridgehead atoms. The van der Waals surface area contributed by atoms with Crippen LogP contribution < -0.4 is 10.6 Å². The van der Waals surface area contributed by atoms with Crippen molar-refractivity contribution in [2.75, 3.05) is 0 Å². The standard InChI is InChI=1S/C17H20N4O2/c22-16-9-4-2-7-14(20-16)17(23)18-12-13-6-1-3-8-15(13)21-11-5-10-19-21/h1,3,5-6,8,10-11,14H,2,4,7,9,12H2,(H,18,23)(H,20,22). The Morgan fingerprint density at radius 1 is 1.30 bits per heavy atom. The van der Waals surface area contributed by atoms with Gasteiger partial charge in [-0.1, -0.05) is 24.6 Å². The van der Waals surface area contributed by atoms with Crippen molar-refractivity contribution in [1.29, 1.82) is 0 Å². The van der Waals surface area contributed by atoms with Gasteiger partial charge in [0.15, 0.2) is 0 Å². The van der Waals surface area contributed by atoms with Crippen molar-refractivity contribution in [2.45, 2.75) is 38.3 Å². The van der Waals surface area contributed by atoms with E-state index in [1.165, 1.54) is 0 Å². The summed E-state index contributed by atoms with van der Waals surface area (Å²) in [5.41, 5.74) is 1.91. The molecule has 1 aromatic heterocycles. The lowest BCUT2D eigenvalue weighted by Crippen LogP contribution is -2.45. The van der Waals surface area contributed by atoms with Crippen LogP contribution in [0.15, 0.2) is 42.7 Å². The molecule has 0 saturated carbocycles. The summed E-state index contributed by atoms with van der Waals surface area (Å²) in [5, 5.41) is 9.95. The molecule has 1 unspecified atom stereocenters. The maximum Gasteiger partial charge on any atom is 0.242 e. The van der Waals surface area contributed by atoms with E-state index in [-0.39, 0.29) is 11.8 Å². The van der Waals surface area contributed by atoms with Gasteiger partial charge in [0.25, 0.3) is 0 Å². The zero-order valence-electron chi connectivity index (χ0n) is 12.9. The molecule has 2 N–H and O–H groups in total. The Balaban J connectivity index is 1.66. The van der Waals surface area contributed by atoms with Crippen molar-refractivity contribution >= 4 is 11.8 Å². The molecular weight excluding hydrogens is 292 g/mol. The summed E-state index contributed by atoms with van der Waals surface area (Å²) in [6, 6.07) is 9.22. The highest BCUT2D eigenvalue weighted by Crippen LogP contribution is 2.14. The lowest BCUT2D eigenvalue weighted by molar-refractivity contribution is -0.128. The van der Waals surface area contributed by atoms with E-state index in [4.69, 9.17) is 0 Å². The third-order valence-electron chi connectivity index (χ3n) is 3.99. The topological polar surface area (TPSA) is 76.0 Å². The fourth-order valence-electron chi connectivity index (χ4n) is 2.77. The first kappa shape index (κ1) is 15.3. The number of carbonyl (C=O) groups excluding carboxylic acids is 2. The third kappa shape index (κ3) is 3.77. The van der Waals surface area contributed by atoms with Crippen LogP contribution in [0, 0.1) is 0 Å². The summed E-state index contributed by atoms with van der Waals surface area (Å²) >= 11 is 0. The third-order valence-corrected chi connectivity index (χ3v) is 3.99. The fraction of sp³-hybridized carbons (Fsp3) is 0.353. The molecule has 2 aromatic rings. The lowest BCUT2D eigenvalue weighted by Gasteiger charge is -2.16. The van der Waals surface area contributed by atoms with Crippen molar-refractivity contribution in [3.05, 3.63) is 48.3 Å². The number of nitrogens with zero attached hydrogens (tertiary/aromatic N) is 2. The van der Waals surface area contributed by atoms with Gasteiger partial charge >= 0.3 is 0 Å². The Kier molecular flexibility index (Phi) is 4.71. The number of nitrogens with one attached hydrogen (secondary N) is 2. The van der Waals surface area contributed by atoms with Gasteiger partial charge in [0.2, 0.25) is 11.8 Å². The molecule has 2 amide bonds. The first-order valence-electron chi connectivity index (χ1n) is 7.89. The summed E-state index contributed by atoms with van der Waals surface area (Å²) < 4.78 is 1.77. The summed E-state index contributed by atoms with van der Waals surface area (Å²) in [4.78, 5) is 23.9. The van der Waals surface area contributed by atoms with Gasteiger partial charge in [0.1, 0.15) is 6.04 Å². The van der Waals surface area contributed by atoms with E-state index >= 15 is 0 Å². The summed E-state index contributed by atoms with van der Waals surface area (Å²) in [6.07, 6.45) is 6.52. The number of amides is 2. The number of rotatable bonds is 4. The monoisotopic (exact) mass is 312 g/mol. The summed E-state index contributed by atoms with van der Waals surface area (Å²) in [6.45, 7) is 0.404. The first-order chi connectivity index (χ1) is 11.2. The van der Waals surface area contributed by atoms with Gasteiger partial charge in [-0.25, -0.2) is 4.68 Å². The summed E-state index contributed by atoms with van der Waals surface area (Å²) in [5.74, 6) is -0.171. The largest absolute Gasteiger partial charge is 0.350 e. The predicted octanol–water partition coefficient (Wildman–Crippen LogP) is 1.55. The number of hydrogen-bond donors (Lipinski definition) is 2. The quantitative estimate of drug-likeness (QED) is 0.899. The van der Waals surface area contributed by atoms with Crippen LogP contribution in [0.25, 0.3) is 5.69 Å². The van der Waals surface area contributed by atoms with Crippen molar-refractivity contribution in [3.63, 3.8) is 0 Å². The van der Waals surface area contributed by atoms with Gasteiger partial charge in [-0.05, 0) is 30.5 Å². The highest BCUT2D eigenvalue weighted by Gasteiger charge is 2.22. The van der Waals surface area contributed by atoms with Crippen LogP contribution >= 0.6 is 0 Å². The van der Waals surface area contributed by atoms with E-state index in [9.17, 15) is 9.59 Å². The van der Waals surface area contributed by atoms with Crippen molar-refractivity contribution in [1.82, 2.24) is 20.4 Å². The molecule has 1 atom stereocenters. The second kappa shape index (κ2) is 7.09. The SMILES string of the molecule is O=C1CCCCC(C(=O)NCc2ccccc2-n2cccn2)N1. The van der Waals surface area contributed by atoms with Gasteiger partial charge in [0, 0.05) is 25.4 Å². The number of para-hydroxylation sites is 1. The minimum Gasteiger partial charge on any atom is -0.350 e. The van der Waals surface area contributed by atoms with E-state index in [0.29, 0.717) is 19.4 Å². The lowest BCUT2D eigenvalue weighted by atomic mass is 10.1. The van der Waals surface area contributed by atoms with Gasteiger partial charge in [-0.2, -0.15) is 5.10 Å². The molecule has 0 spiro atoms. The van der Waals surface area contributed by atoms with Crippen molar-refractivity contribution in [3.8, 4) is 5.69 Å². The Morgan fingerprint density at radius 3 is 3.00 bits per heavy atom. The maximum atomic E-state index is 12.3. The van der Waals surface area contributed by atoms with Crippen LogP contribution in [0.2, 0.25) is 0 Å². The molecule has 23 heavy (non-hydrogen) atoms. The molecule has 1 aliphatic heterocycles. The first-order valence-corrected chi connectivity index (χ1v) is 7.89. The number of carbonyl (C=O) groups is 2. The molecule has 0 radical (unpaired) electrons. The number of benzene rings is 1. The van der Waals surface area contributed by atoms with E-state index in [1.54, 1.807) is 10.9 Å². The van der Waals surface area contributed by atoms with Gasteiger partial charge in [-0.3, -0.25) is 9.59 Å². The molecule has 1 aromatic carbocycles. The Hall–Kier alpha value is -2.63. The molecular formula is C17H20N4O2. The van der Waals surface area contributed by atoms with E-state index in [1.807, 2.05) is 36.5 Å². The highest BCUT2D eigenvalue weighted by atomic mass is 16.2. The Morgan fingerprint density at radius 2 is 2.17 bits per heavy atom. The molecule has 6 heteroatoms. The molecule has 1 fully saturated rings. The van der Waals surface area contributed by atoms with Gasteiger partial charge < -0.3 is 10.6 Å². The predicted molar refractivity (Wildman–Crippen MR) is 85.8 cm³/mol. The molecule has 1 saturated heterocycles. The number of hydrogen-bond acceptors (Lipinski definition) is 3. The van der Waals surface area contributed by atoms with Crippen LogP contribution in [0.3, 0.4) is 0 Å². The molecule has 3 rings (SSSR count).